The number of rotatable bonds is 5. The maximum Gasteiger partial charge on any atom is 0.220 e. The van der Waals surface area contributed by atoms with E-state index in [4.69, 9.17) is 27.9 Å². The summed E-state index contributed by atoms with van der Waals surface area (Å²) in [6, 6.07) is 4.89. The van der Waals surface area contributed by atoms with Gasteiger partial charge in [0.1, 0.15) is 12.2 Å². The molecule has 0 aliphatic rings. The lowest BCUT2D eigenvalue weighted by atomic mass is 10.0. The van der Waals surface area contributed by atoms with E-state index >= 15 is 0 Å². The van der Waals surface area contributed by atoms with Crippen molar-refractivity contribution < 1.29 is 14.6 Å². The first-order valence-electron chi connectivity index (χ1n) is 8.08. The quantitative estimate of drug-likeness (QED) is 0.652. The zero-order chi connectivity index (χ0) is 19.9. The summed E-state index contributed by atoms with van der Waals surface area (Å²) in [5.41, 5.74) is 2.03. The predicted octanol–water partition coefficient (Wildman–Crippen LogP) is 3.59. The molecule has 7 nitrogen and oxygen atoms in total. The van der Waals surface area contributed by atoms with Crippen LogP contribution in [0.1, 0.15) is 32.9 Å². The number of hydrogen-bond donors (Lipinski definition) is 1. The van der Waals surface area contributed by atoms with Crippen LogP contribution in [0.2, 0.25) is 10.0 Å². The second kappa shape index (κ2) is 7.25. The van der Waals surface area contributed by atoms with E-state index in [0.29, 0.717) is 22.2 Å². The highest BCUT2D eigenvalue weighted by Crippen LogP contribution is 2.33. The van der Waals surface area contributed by atoms with Crippen LogP contribution in [0.25, 0.3) is 0 Å². The van der Waals surface area contributed by atoms with Crippen LogP contribution < -0.4 is 4.74 Å². The van der Waals surface area contributed by atoms with Gasteiger partial charge in [0.05, 0.1) is 16.4 Å². The third-order valence-electron chi connectivity index (χ3n) is 4.17. The minimum Gasteiger partial charge on any atom is -0.493 e. The summed E-state index contributed by atoms with van der Waals surface area (Å²) in [6.07, 6.45) is 0. The molecule has 2 aromatic heterocycles. The van der Waals surface area contributed by atoms with Crippen LogP contribution in [0.4, 0.5) is 0 Å². The SMILES string of the molecule is Cc1cc(OCc2c(Cl)ccc(C(=O)c3c(C)nn(C)c3O)c2Cl)n(C)n1. The Morgan fingerprint density at radius 2 is 1.89 bits per heavy atom. The molecule has 0 aliphatic carbocycles. The topological polar surface area (TPSA) is 82.2 Å². The zero-order valence-electron chi connectivity index (χ0n) is 15.2. The average Bonchev–Trinajstić information content (AvgIpc) is 3.04. The monoisotopic (exact) mass is 408 g/mol. The Balaban J connectivity index is 1.95. The van der Waals surface area contributed by atoms with Crippen LogP contribution in [-0.4, -0.2) is 30.5 Å². The molecular weight excluding hydrogens is 391 g/mol. The molecule has 0 saturated carbocycles. The number of ketones is 1. The van der Waals surface area contributed by atoms with Crippen LogP contribution in [0.3, 0.4) is 0 Å². The first-order chi connectivity index (χ1) is 12.7. The first-order valence-corrected chi connectivity index (χ1v) is 8.83. The molecule has 1 aromatic carbocycles. The molecule has 0 amide bonds. The molecule has 0 aliphatic heterocycles. The third-order valence-corrected chi connectivity index (χ3v) is 4.96. The number of carbonyl (C=O) groups excluding carboxylic acids is 1. The van der Waals surface area contributed by atoms with Gasteiger partial charge in [0, 0.05) is 36.3 Å². The summed E-state index contributed by atoms with van der Waals surface area (Å²) in [4.78, 5) is 12.9. The second-order valence-electron chi connectivity index (χ2n) is 6.16. The zero-order valence-corrected chi connectivity index (χ0v) is 16.8. The molecule has 0 fully saturated rings. The van der Waals surface area contributed by atoms with Gasteiger partial charge >= 0.3 is 0 Å². The van der Waals surface area contributed by atoms with E-state index in [-0.39, 0.29) is 28.6 Å². The Bertz CT molecular complexity index is 1040. The largest absolute Gasteiger partial charge is 0.493 e. The predicted molar refractivity (Wildman–Crippen MR) is 102 cm³/mol. The molecule has 0 bridgehead atoms. The Morgan fingerprint density at radius 1 is 1.19 bits per heavy atom. The van der Waals surface area contributed by atoms with Crippen LogP contribution in [0.15, 0.2) is 18.2 Å². The van der Waals surface area contributed by atoms with Crippen molar-refractivity contribution in [2.45, 2.75) is 20.5 Å². The van der Waals surface area contributed by atoms with Gasteiger partial charge in [-0.15, -0.1) is 0 Å². The fraction of sp³-hybridized carbons (Fsp3) is 0.278. The van der Waals surface area contributed by atoms with Gasteiger partial charge in [-0.25, -0.2) is 9.36 Å². The number of benzene rings is 1. The number of aryl methyl sites for hydroxylation is 4. The lowest BCUT2D eigenvalue weighted by molar-refractivity contribution is 0.103. The van der Waals surface area contributed by atoms with Gasteiger partial charge < -0.3 is 9.84 Å². The summed E-state index contributed by atoms with van der Waals surface area (Å²) in [5, 5.41) is 18.9. The molecule has 3 aromatic rings. The van der Waals surface area contributed by atoms with Crippen LogP contribution in [-0.2, 0) is 20.7 Å². The van der Waals surface area contributed by atoms with Crippen molar-refractivity contribution >= 4 is 29.0 Å². The van der Waals surface area contributed by atoms with Crippen molar-refractivity contribution in [2.75, 3.05) is 0 Å². The fourth-order valence-electron chi connectivity index (χ4n) is 2.82. The molecule has 3 rings (SSSR count). The molecule has 0 spiro atoms. The van der Waals surface area contributed by atoms with Crippen molar-refractivity contribution in [2.24, 2.45) is 14.1 Å². The van der Waals surface area contributed by atoms with Crippen molar-refractivity contribution in [3.05, 3.63) is 56.3 Å². The minimum atomic E-state index is -0.433. The fourth-order valence-corrected chi connectivity index (χ4v) is 3.39. The van der Waals surface area contributed by atoms with Gasteiger partial charge in [-0.05, 0) is 26.0 Å². The van der Waals surface area contributed by atoms with E-state index in [1.165, 1.54) is 10.7 Å². The summed E-state index contributed by atoms with van der Waals surface area (Å²) in [5.74, 6) is -0.0961. The van der Waals surface area contributed by atoms with Crippen LogP contribution in [0, 0.1) is 13.8 Å². The number of aromatic nitrogens is 4. The number of halogens is 2. The molecule has 0 unspecified atom stereocenters. The van der Waals surface area contributed by atoms with Gasteiger partial charge in [-0.2, -0.15) is 10.2 Å². The Hall–Kier alpha value is -2.51. The van der Waals surface area contributed by atoms with E-state index < -0.39 is 5.78 Å². The molecule has 0 saturated heterocycles. The summed E-state index contributed by atoms with van der Waals surface area (Å²) < 4.78 is 8.59. The average molecular weight is 409 g/mol. The number of aromatic hydroxyl groups is 1. The third kappa shape index (κ3) is 3.52. The molecule has 9 heteroatoms. The van der Waals surface area contributed by atoms with Crippen molar-refractivity contribution in [3.63, 3.8) is 0 Å². The molecule has 0 atom stereocenters. The van der Waals surface area contributed by atoms with Gasteiger partial charge in [0.15, 0.2) is 0 Å². The maximum absolute atomic E-state index is 12.9. The van der Waals surface area contributed by atoms with Crippen molar-refractivity contribution in [3.8, 4) is 11.8 Å². The van der Waals surface area contributed by atoms with Gasteiger partial charge in [-0.1, -0.05) is 23.2 Å². The van der Waals surface area contributed by atoms with E-state index in [0.717, 1.165) is 5.69 Å². The smallest absolute Gasteiger partial charge is 0.220 e. The van der Waals surface area contributed by atoms with Gasteiger partial charge in [0.2, 0.25) is 17.5 Å². The van der Waals surface area contributed by atoms with Gasteiger partial charge in [-0.3, -0.25) is 4.79 Å². The Morgan fingerprint density at radius 3 is 2.44 bits per heavy atom. The molecule has 27 heavy (non-hydrogen) atoms. The van der Waals surface area contributed by atoms with Crippen molar-refractivity contribution in [1.82, 2.24) is 19.6 Å². The van der Waals surface area contributed by atoms with E-state index in [9.17, 15) is 9.90 Å². The molecule has 0 radical (unpaired) electrons. The van der Waals surface area contributed by atoms with Crippen LogP contribution >= 0.6 is 23.2 Å². The molecule has 2 heterocycles. The van der Waals surface area contributed by atoms with Crippen molar-refractivity contribution in [1.29, 1.82) is 0 Å². The lowest BCUT2D eigenvalue weighted by Crippen LogP contribution is -2.07. The highest BCUT2D eigenvalue weighted by molar-refractivity contribution is 6.39. The van der Waals surface area contributed by atoms with Crippen LogP contribution in [0.5, 0.6) is 11.8 Å². The summed E-state index contributed by atoms with van der Waals surface area (Å²) >= 11 is 12.7. The standard InChI is InChI=1S/C18H18Cl2N4O3/c1-9-7-14(23(3)21-9)27-8-12-13(19)6-5-11(16(12)20)17(25)15-10(2)22-24(4)18(15)26/h5-7,26H,8H2,1-4H3. The lowest BCUT2D eigenvalue weighted by Gasteiger charge is -2.12. The normalized spacial score (nSPS) is 11.0. The van der Waals surface area contributed by atoms with E-state index in [1.54, 1.807) is 37.8 Å². The summed E-state index contributed by atoms with van der Waals surface area (Å²) in [6.45, 7) is 3.57. The Labute approximate surface area is 166 Å². The van der Waals surface area contributed by atoms with E-state index in [1.807, 2.05) is 6.92 Å². The first kappa shape index (κ1) is 19.3. The van der Waals surface area contributed by atoms with E-state index in [2.05, 4.69) is 10.2 Å². The molecule has 1 N–H and O–H groups in total. The number of ether oxygens (including phenoxy) is 1. The molecular formula is C18H18Cl2N4O3. The highest BCUT2D eigenvalue weighted by atomic mass is 35.5. The summed E-state index contributed by atoms with van der Waals surface area (Å²) in [7, 11) is 3.32. The molecule has 142 valence electrons. The number of carbonyl (C=O) groups is 1. The second-order valence-corrected chi connectivity index (χ2v) is 6.95. The highest BCUT2D eigenvalue weighted by Gasteiger charge is 2.25. The maximum atomic E-state index is 12.9. The van der Waals surface area contributed by atoms with Gasteiger partial charge in [0.25, 0.3) is 0 Å². The minimum absolute atomic E-state index is 0.0652. The number of nitrogens with zero attached hydrogens (tertiary/aromatic N) is 4. The Kier molecular flexibility index (Phi) is 5.17. The number of hydrogen-bond acceptors (Lipinski definition) is 5.